The molecule has 3 rings (SSSR count). The van der Waals surface area contributed by atoms with E-state index in [0.717, 1.165) is 30.8 Å². The van der Waals surface area contributed by atoms with Crippen molar-refractivity contribution in [2.75, 3.05) is 24.5 Å². The van der Waals surface area contributed by atoms with E-state index in [9.17, 15) is 9.59 Å². The molecular formula is C19H25ClN2O2. The number of piperidine rings is 1. The molecule has 2 heterocycles. The molecule has 0 radical (unpaired) electrons. The van der Waals surface area contributed by atoms with Gasteiger partial charge in [-0.05, 0) is 55.9 Å². The minimum atomic E-state index is -0.650. The first-order valence-corrected chi connectivity index (χ1v) is 8.97. The predicted octanol–water partition coefficient (Wildman–Crippen LogP) is 3.47. The van der Waals surface area contributed by atoms with Crippen LogP contribution in [0.1, 0.15) is 39.7 Å². The van der Waals surface area contributed by atoms with E-state index in [4.69, 9.17) is 11.6 Å². The van der Waals surface area contributed by atoms with Crippen LogP contribution in [0.2, 0.25) is 5.02 Å². The number of anilines is 1. The normalized spacial score (nSPS) is 25.8. The number of fused-ring (bicyclic) bond motifs is 1. The summed E-state index contributed by atoms with van der Waals surface area (Å²) in [5.74, 6) is 1.01. The van der Waals surface area contributed by atoms with Gasteiger partial charge in [-0.15, -0.1) is 0 Å². The molecule has 0 saturated carbocycles. The molecule has 2 amide bonds. The summed E-state index contributed by atoms with van der Waals surface area (Å²) < 4.78 is 0. The third-order valence-electron chi connectivity index (χ3n) is 5.22. The van der Waals surface area contributed by atoms with E-state index in [0.29, 0.717) is 16.9 Å². The second-order valence-corrected chi connectivity index (χ2v) is 8.36. The molecule has 2 atom stereocenters. The molecule has 0 N–H and O–H groups in total. The van der Waals surface area contributed by atoms with E-state index in [1.54, 1.807) is 11.0 Å². The average molecular weight is 349 g/mol. The number of nitrogens with zero attached hydrogens (tertiary/aromatic N) is 2. The zero-order valence-corrected chi connectivity index (χ0v) is 15.6. The maximum absolute atomic E-state index is 12.9. The van der Waals surface area contributed by atoms with E-state index >= 15 is 0 Å². The summed E-state index contributed by atoms with van der Waals surface area (Å²) in [5.41, 5.74) is 1.05. The fourth-order valence-electron chi connectivity index (χ4n) is 4.07. The van der Waals surface area contributed by atoms with E-state index in [2.05, 4.69) is 13.8 Å². The van der Waals surface area contributed by atoms with Gasteiger partial charge in [-0.25, -0.2) is 0 Å². The number of hydrogen-bond acceptors (Lipinski definition) is 2. The Bertz CT molecular complexity index is 676. The molecule has 0 bridgehead atoms. The van der Waals surface area contributed by atoms with Crippen molar-refractivity contribution in [1.82, 2.24) is 4.90 Å². The van der Waals surface area contributed by atoms with E-state index in [1.165, 1.54) is 0 Å². The Morgan fingerprint density at radius 1 is 1.25 bits per heavy atom. The SMILES string of the molecule is C[C@H]1C[C@H](C)CN(C(=O)CN2C(=O)C(C)(C)c3cc(Cl)ccc32)C1. The van der Waals surface area contributed by atoms with Gasteiger partial charge in [-0.1, -0.05) is 25.4 Å². The molecule has 0 aromatic heterocycles. The first kappa shape index (κ1) is 17.3. The second kappa shape index (κ2) is 6.07. The summed E-state index contributed by atoms with van der Waals surface area (Å²) in [6.45, 7) is 9.80. The maximum Gasteiger partial charge on any atom is 0.242 e. The van der Waals surface area contributed by atoms with Gasteiger partial charge in [-0.3, -0.25) is 9.59 Å². The fourth-order valence-corrected chi connectivity index (χ4v) is 4.24. The monoisotopic (exact) mass is 348 g/mol. The molecule has 5 heteroatoms. The highest BCUT2D eigenvalue weighted by Gasteiger charge is 2.45. The summed E-state index contributed by atoms with van der Waals surface area (Å²) in [7, 11) is 0. The van der Waals surface area contributed by atoms with Crippen LogP contribution < -0.4 is 4.90 Å². The number of rotatable bonds is 2. The van der Waals surface area contributed by atoms with Crippen LogP contribution in [0, 0.1) is 11.8 Å². The summed E-state index contributed by atoms with van der Waals surface area (Å²) in [6.07, 6.45) is 1.15. The molecule has 4 nitrogen and oxygen atoms in total. The highest BCUT2D eigenvalue weighted by atomic mass is 35.5. The lowest BCUT2D eigenvalue weighted by atomic mass is 9.86. The Balaban J connectivity index is 1.83. The second-order valence-electron chi connectivity index (χ2n) is 7.92. The quantitative estimate of drug-likeness (QED) is 0.821. The molecule has 1 aromatic carbocycles. The van der Waals surface area contributed by atoms with Crippen LogP contribution in [-0.2, 0) is 15.0 Å². The molecule has 0 unspecified atom stereocenters. The largest absolute Gasteiger partial charge is 0.341 e. The topological polar surface area (TPSA) is 40.6 Å². The predicted molar refractivity (Wildman–Crippen MR) is 96.4 cm³/mol. The number of hydrogen-bond donors (Lipinski definition) is 0. The average Bonchev–Trinajstić information content (AvgIpc) is 2.67. The summed E-state index contributed by atoms with van der Waals surface area (Å²) >= 11 is 6.10. The first-order chi connectivity index (χ1) is 11.2. The highest BCUT2D eigenvalue weighted by Crippen LogP contribution is 2.42. The van der Waals surface area contributed by atoms with Gasteiger partial charge in [0.25, 0.3) is 0 Å². The van der Waals surface area contributed by atoms with Crippen molar-refractivity contribution in [2.24, 2.45) is 11.8 Å². The fraction of sp³-hybridized carbons (Fsp3) is 0.579. The van der Waals surface area contributed by atoms with Gasteiger partial charge >= 0.3 is 0 Å². The van der Waals surface area contributed by atoms with Gasteiger partial charge in [0.1, 0.15) is 6.54 Å². The molecule has 2 aliphatic heterocycles. The van der Waals surface area contributed by atoms with Crippen LogP contribution >= 0.6 is 11.6 Å². The van der Waals surface area contributed by atoms with Gasteiger partial charge in [0.15, 0.2) is 0 Å². The van der Waals surface area contributed by atoms with Crippen LogP contribution in [0.4, 0.5) is 5.69 Å². The lowest BCUT2D eigenvalue weighted by molar-refractivity contribution is -0.134. The maximum atomic E-state index is 12.9. The van der Waals surface area contributed by atoms with Gasteiger partial charge in [0.05, 0.1) is 5.41 Å². The Kier molecular flexibility index (Phi) is 4.37. The van der Waals surface area contributed by atoms with Gasteiger partial charge < -0.3 is 9.80 Å². The lowest BCUT2D eigenvalue weighted by Crippen LogP contribution is -2.48. The minimum absolute atomic E-state index is 0.0281. The standard InChI is InChI=1S/C19H25ClN2O2/c1-12-7-13(2)10-21(9-12)17(23)11-22-16-6-5-14(20)8-15(16)19(3,4)18(22)24/h5-6,8,12-13H,7,9-11H2,1-4H3/t12-,13-/m0/s1. The Labute approximate surface area is 148 Å². The van der Waals surface area contributed by atoms with Crippen LogP contribution in [0.3, 0.4) is 0 Å². The molecule has 0 aliphatic carbocycles. The molecular weight excluding hydrogens is 324 g/mol. The Hall–Kier alpha value is -1.55. The van der Waals surface area contributed by atoms with Crippen molar-refractivity contribution in [1.29, 1.82) is 0 Å². The molecule has 1 saturated heterocycles. The number of carbonyl (C=O) groups is 2. The van der Waals surface area contributed by atoms with Crippen molar-refractivity contribution in [3.05, 3.63) is 28.8 Å². The lowest BCUT2D eigenvalue weighted by Gasteiger charge is -2.36. The number of benzene rings is 1. The van der Waals surface area contributed by atoms with Crippen LogP contribution in [0.25, 0.3) is 0 Å². The Morgan fingerprint density at radius 3 is 2.50 bits per heavy atom. The summed E-state index contributed by atoms with van der Waals surface area (Å²) in [6, 6.07) is 5.46. The van der Waals surface area contributed by atoms with E-state index in [1.807, 2.05) is 30.9 Å². The zero-order valence-electron chi connectivity index (χ0n) is 14.8. The van der Waals surface area contributed by atoms with Crippen molar-refractivity contribution >= 4 is 29.1 Å². The van der Waals surface area contributed by atoms with Crippen molar-refractivity contribution in [2.45, 2.75) is 39.5 Å². The van der Waals surface area contributed by atoms with Crippen LogP contribution in [0.5, 0.6) is 0 Å². The Morgan fingerprint density at radius 2 is 1.88 bits per heavy atom. The summed E-state index contributed by atoms with van der Waals surface area (Å²) in [5, 5.41) is 0.612. The number of likely N-dealkylation sites (tertiary alicyclic amines) is 1. The third kappa shape index (κ3) is 2.92. The van der Waals surface area contributed by atoms with Crippen LogP contribution in [-0.4, -0.2) is 36.3 Å². The molecule has 24 heavy (non-hydrogen) atoms. The summed E-state index contributed by atoms with van der Waals surface area (Å²) in [4.78, 5) is 29.2. The number of amides is 2. The number of halogens is 1. The molecule has 130 valence electrons. The third-order valence-corrected chi connectivity index (χ3v) is 5.45. The molecule has 1 fully saturated rings. The molecule has 1 aromatic rings. The van der Waals surface area contributed by atoms with Crippen LogP contribution in [0.15, 0.2) is 18.2 Å². The van der Waals surface area contributed by atoms with E-state index in [-0.39, 0.29) is 18.4 Å². The molecule has 2 aliphatic rings. The van der Waals surface area contributed by atoms with Crippen molar-refractivity contribution in [3.8, 4) is 0 Å². The van der Waals surface area contributed by atoms with Crippen molar-refractivity contribution < 1.29 is 9.59 Å². The van der Waals surface area contributed by atoms with Gasteiger partial charge in [0.2, 0.25) is 11.8 Å². The van der Waals surface area contributed by atoms with Gasteiger partial charge in [0, 0.05) is 23.8 Å². The smallest absolute Gasteiger partial charge is 0.242 e. The first-order valence-electron chi connectivity index (χ1n) is 8.60. The highest BCUT2D eigenvalue weighted by molar-refractivity contribution is 6.31. The zero-order chi connectivity index (χ0) is 17.6. The number of carbonyl (C=O) groups excluding carboxylic acids is 2. The molecule has 0 spiro atoms. The van der Waals surface area contributed by atoms with E-state index < -0.39 is 5.41 Å². The van der Waals surface area contributed by atoms with Gasteiger partial charge in [-0.2, -0.15) is 0 Å². The minimum Gasteiger partial charge on any atom is -0.341 e. The van der Waals surface area contributed by atoms with Crippen molar-refractivity contribution in [3.63, 3.8) is 0 Å².